The third-order valence-electron chi connectivity index (χ3n) is 4.10. The van der Waals surface area contributed by atoms with Crippen LogP contribution in [0.1, 0.15) is 5.56 Å². The minimum absolute atomic E-state index is 0.0270. The molecule has 2 heterocycles. The number of pyridine rings is 1. The van der Waals surface area contributed by atoms with E-state index in [2.05, 4.69) is 31.9 Å². The van der Waals surface area contributed by atoms with Crippen LogP contribution in [0.3, 0.4) is 0 Å². The number of carbonyl (C=O) groups excluding carboxylic acids is 1. The number of H-pyrrole nitrogens is 1. The first-order chi connectivity index (χ1) is 11.6. The van der Waals surface area contributed by atoms with Crippen molar-refractivity contribution in [3.63, 3.8) is 0 Å². The molecule has 2 aromatic rings. The maximum Gasteiger partial charge on any atom is 0.274 e. The van der Waals surface area contributed by atoms with E-state index >= 15 is 0 Å². The molecule has 1 aliphatic heterocycles. The molecule has 0 unspecified atom stereocenters. The molecular formula is C18H21BrN3O2+. The van der Waals surface area contributed by atoms with Gasteiger partial charge < -0.3 is 9.64 Å². The Balaban J connectivity index is 1.50. The fourth-order valence-corrected chi connectivity index (χ4v) is 3.34. The molecule has 5 nitrogen and oxygen atoms in total. The molecule has 126 valence electrons. The van der Waals surface area contributed by atoms with E-state index in [4.69, 9.17) is 4.74 Å². The van der Waals surface area contributed by atoms with Crippen LogP contribution < -0.4 is 14.6 Å². The van der Waals surface area contributed by atoms with Gasteiger partial charge in [0.05, 0.1) is 23.8 Å². The van der Waals surface area contributed by atoms with Crippen molar-refractivity contribution in [3.8, 4) is 5.75 Å². The zero-order valence-electron chi connectivity index (χ0n) is 13.7. The van der Waals surface area contributed by atoms with Crippen LogP contribution in [0.4, 0.5) is 5.82 Å². The van der Waals surface area contributed by atoms with E-state index in [0.29, 0.717) is 18.8 Å². The number of benzene rings is 1. The van der Waals surface area contributed by atoms with Gasteiger partial charge in [0.2, 0.25) is 0 Å². The first-order valence-corrected chi connectivity index (χ1v) is 8.81. The van der Waals surface area contributed by atoms with Crippen LogP contribution in [0, 0.1) is 6.92 Å². The highest BCUT2D eigenvalue weighted by atomic mass is 79.9. The number of piperazine rings is 1. The first kappa shape index (κ1) is 16.8. The average Bonchev–Trinajstić information content (AvgIpc) is 2.62. The number of hydrogen-bond acceptors (Lipinski definition) is 3. The maximum absolute atomic E-state index is 12.4. The van der Waals surface area contributed by atoms with Crippen molar-refractivity contribution < 1.29 is 14.5 Å². The lowest BCUT2D eigenvalue weighted by atomic mass is 10.2. The normalized spacial score (nSPS) is 14.6. The fraction of sp³-hybridized carbons (Fsp3) is 0.333. The number of halogens is 1. The Morgan fingerprint density at radius 3 is 2.67 bits per heavy atom. The summed E-state index contributed by atoms with van der Waals surface area (Å²) in [5.41, 5.74) is 1.15. The van der Waals surface area contributed by atoms with Gasteiger partial charge in [0, 0.05) is 6.07 Å². The third-order valence-corrected chi connectivity index (χ3v) is 4.72. The van der Waals surface area contributed by atoms with Crippen molar-refractivity contribution in [3.05, 3.63) is 52.6 Å². The van der Waals surface area contributed by atoms with Crippen molar-refractivity contribution in [2.45, 2.75) is 6.92 Å². The number of aromatic nitrogens is 1. The Hall–Kier alpha value is -2.08. The van der Waals surface area contributed by atoms with Gasteiger partial charge in [-0.25, -0.2) is 4.98 Å². The number of ether oxygens (including phenoxy) is 1. The zero-order valence-corrected chi connectivity index (χ0v) is 15.3. The molecule has 0 atom stereocenters. The molecule has 0 aliphatic carbocycles. The smallest absolute Gasteiger partial charge is 0.274 e. The number of aryl methyl sites for hydroxylation is 1. The van der Waals surface area contributed by atoms with Crippen LogP contribution in [-0.2, 0) is 4.79 Å². The summed E-state index contributed by atoms with van der Waals surface area (Å²) in [6, 6.07) is 11.9. The highest BCUT2D eigenvalue weighted by molar-refractivity contribution is 9.10. The van der Waals surface area contributed by atoms with Gasteiger partial charge in [0.15, 0.2) is 6.61 Å². The topological polar surface area (TPSA) is 46.9 Å². The molecule has 3 rings (SSSR count). The number of aromatic amines is 1. The van der Waals surface area contributed by atoms with Gasteiger partial charge in [0.1, 0.15) is 18.8 Å². The second kappa shape index (κ2) is 7.66. The van der Waals surface area contributed by atoms with E-state index in [1.165, 1.54) is 0 Å². The molecular weight excluding hydrogens is 370 g/mol. The molecule has 1 aromatic carbocycles. The predicted octanol–water partition coefficient (Wildman–Crippen LogP) is 2.30. The molecule has 1 fully saturated rings. The molecule has 1 N–H and O–H groups in total. The summed E-state index contributed by atoms with van der Waals surface area (Å²) >= 11 is 3.47. The Bertz CT molecular complexity index is 701. The summed E-state index contributed by atoms with van der Waals surface area (Å²) in [6.45, 7) is 5.14. The molecule has 6 heteroatoms. The molecule has 0 radical (unpaired) electrons. The number of carbonyl (C=O) groups is 1. The highest BCUT2D eigenvalue weighted by Crippen LogP contribution is 2.25. The lowest BCUT2D eigenvalue weighted by molar-refractivity contribution is -0.364. The predicted molar refractivity (Wildman–Crippen MR) is 96.2 cm³/mol. The summed E-state index contributed by atoms with van der Waals surface area (Å²) in [7, 11) is 0. The molecule has 1 aromatic heterocycles. The van der Waals surface area contributed by atoms with Gasteiger partial charge in [-0.15, -0.1) is 0 Å². The van der Waals surface area contributed by atoms with Crippen LogP contribution in [0.25, 0.3) is 0 Å². The van der Waals surface area contributed by atoms with Crippen molar-refractivity contribution in [2.24, 2.45) is 0 Å². The van der Waals surface area contributed by atoms with Crippen LogP contribution in [0.5, 0.6) is 5.75 Å². The summed E-state index contributed by atoms with van der Waals surface area (Å²) < 4.78 is 6.54. The monoisotopic (exact) mass is 390 g/mol. The van der Waals surface area contributed by atoms with Crippen LogP contribution in [0.2, 0.25) is 0 Å². The number of amides is 1. The van der Waals surface area contributed by atoms with Gasteiger partial charge in [-0.2, -0.15) is 0 Å². The molecule has 0 saturated carbocycles. The van der Waals surface area contributed by atoms with Gasteiger partial charge in [0.25, 0.3) is 11.7 Å². The van der Waals surface area contributed by atoms with Gasteiger partial charge >= 0.3 is 0 Å². The van der Waals surface area contributed by atoms with Gasteiger partial charge in [-0.1, -0.05) is 12.1 Å². The third kappa shape index (κ3) is 4.06. The summed E-state index contributed by atoms with van der Waals surface area (Å²) in [6.07, 6.45) is 1.92. The second-order valence-corrected chi connectivity index (χ2v) is 6.69. The van der Waals surface area contributed by atoms with E-state index in [-0.39, 0.29) is 12.5 Å². The zero-order chi connectivity index (χ0) is 16.9. The molecule has 0 bridgehead atoms. The Morgan fingerprint density at radius 1 is 1.21 bits per heavy atom. The quantitative estimate of drug-likeness (QED) is 0.804. The van der Waals surface area contributed by atoms with E-state index in [1.54, 1.807) is 0 Å². The Kier molecular flexibility index (Phi) is 5.35. The molecule has 1 saturated heterocycles. The highest BCUT2D eigenvalue weighted by Gasteiger charge is 2.26. The average molecular weight is 391 g/mol. The van der Waals surface area contributed by atoms with Gasteiger partial charge in [-0.05, 0) is 46.6 Å². The van der Waals surface area contributed by atoms with Crippen molar-refractivity contribution in [1.29, 1.82) is 0 Å². The lowest BCUT2D eigenvalue weighted by Crippen LogP contribution is -2.51. The standard InChI is InChI=1S/C18H20BrN3O2/c1-14-5-6-16(15(19)12-14)24-13-18(23)22-10-8-21(9-11-22)17-4-2-3-7-20-17/h2-7,12H,8-11,13H2,1H3/p+1. The summed E-state index contributed by atoms with van der Waals surface area (Å²) in [5.74, 6) is 1.81. The lowest BCUT2D eigenvalue weighted by Gasteiger charge is -2.30. The minimum atomic E-state index is 0.0270. The van der Waals surface area contributed by atoms with E-state index in [1.807, 2.05) is 48.4 Å². The molecule has 0 spiro atoms. The SMILES string of the molecule is Cc1ccc(OCC(=O)N2CCN(c3cccc[nH+]3)CC2)c(Br)c1. The van der Waals surface area contributed by atoms with E-state index in [0.717, 1.165) is 28.9 Å². The summed E-state index contributed by atoms with van der Waals surface area (Å²) in [4.78, 5) is 19.7. The van der Waals surface area contributed by atoms with Crippen molar-refractivity contribution >= 4 is 27.7 Å². The number of nitrogens with zero attached hydrogens (tertiary/aromatic N) is 2. The first-order valence-electron chi connectivity index (χ1n) is 8.02. The van der Waals surface area contributed by atoms with Crippen LogP contribution in [-0.4, -0.2) is 43.6 Å². The molecule has 1 aliphatic rings. The maximum atomic E-state index is 12.4. The molecule has 1 amide bonds. The minimum Gasteiger partial charge on any atom is -0.483 e. The molecule has 24 heavy (non-hydrogen) atoms. The Labute approximate surface area is 150 Å². The van der Waals surface area contributed by atoms with Crippen LogP contribution in [0.15, 0.2) is 47.1 Å². The number of anilines is 1. The summed E-state index contributed by atoms with van der Waals surface area (Å²) in [5, 5.41) is 0. The number of rotatable bonds is 4. The second-order valence-electron chi connectivity index (χ2n) is 5.84. The van der Waals surface area contributed by atoms with Crippen LogP contribution >= 0.6 is 15.9 Å². The fourth-order valence-electron chi connectivity index (χ4n) is 2.73. The van der Waals surface area contributed by atoms with Crippen molar-refractivity contribution in [2.75, 3.05) is 37.7 Å². The van der Waals surface area contributed by atoms with E-state index < -0.39 is 0 Å². The van der Waals surface area contributed by atoms with Crippen molar-refractivity contribution in [1.82, 2.24) is 4.90 Å². The Morgan fingerprint density at radius 2 is 2.00 bits per heavy atom. The number of hydrogen-bond donors (Lipinski definition) is 0. The van der Waals surface area contributed by atoms with Gasteiger partial charge in [-0.3, -0.25) is 9.69 Å². The van der Waals surface area contributed by atoms with E-state index in [9.17, 15) is 4.79 Å². The largest absolute Gasteiger partial charge is 0.483 e. The number of nitrogens with one attached hydrogen (secondary N) is 1.